The summed E-state index contributed by atoms with van der Waals surface area (Å²) in [6.45, 7) is 5.03. The molecule has 2 bridgehead atoms. The smallest absolute Gasteiger partial charge is 0.0726 e. The average molecular weight is 228 g/mol. The first-order chi connectivity index (χ1) is 8.16. The number of aliphatic hydroxyl groups is 1. The summed E-state index contributed by atoms with van der Waals surface area (Å²) in [6.07, 6.45) is 5.60. The molecule has 6 fully saturated rings. The van der Waals surface area contributed by atoms with Crippen LogP contribution in [0.5, 0.6) is 0 Å². The highest BCUT2D eigenvalue weighted by atomic mass is 16.3. The maximum absolute atomic E-state index is 10.1. The fraction of sp³-hybridized carbons (Fsp3) is 0.875. The summed E-state index contributed by atoms with van der Waals surface area (Å²) < 4.78 is 0. The lowest BCUT2D eigenvalue weighted by Crippen LogP contribution is -2.52. The molecule has 0 amide bonds. The van der Waals surface area contributed by atoms with Gasteiger partial charge in [-0.3, -0.25) is 0 Å². The second kappa shape index (κ2) is 1.95. The van der Waals surface area contributed by atoms with E-state index in [1.165, 1.54) is 0 Å². The summed E-state index contributed by atoms with van der Waals surface area (Å²) in [7, 11) is 0. The number of aliphatic hydroxyl groups excluding tert-OH is 1. The molecule has 6 saturated carbocycles. The standard InChI is InChI=1S/C16H20O/c1-6-7(2)13-10-9-11(10)14-15(12(6)9)4-3-8(17)5-16(13,14)15/h3-4,6-14,17H,5H2,1-2H3/t6-,7+,8+,9+,10+,11+,12+,13-,14+,15-,16+/m0/s1. The largest absolute Gasteiger partial charge is 0.389 e. The first-order valence-corrected chi connectivity index (χ1v) is 7.53. The Labute approximate surface area is 102 Å². The van der Waals surface area contributed by atoms with Crippen LogP contribution in [0.2, 0.25) is 0 Å². The molecule has 11 atom stereocenters. The summed E-state index contributed by atoms with van der Waals surface area (Å²) >= 11 is 0. The molecule has 1 heteroatoms. The third kappa shape index (κ3) is 0.514. The molecule has 90 valence electrons. The maximum Gasteiger partial charge on any atom is 0.0726 e. The molecule has 0 heterocycles. The SMILES string of the molecule is C[C@@H]1[C@H](C)[C@@H]2[C@@H]3[C@@H]4[C@@H]3[C@@H]3[C@]25C=C[C@@H](O)C[C@@]35[C@@H]14. The molecule has 7 rings (SSSR count). The van der Waals surface area contributed by atoms with Crippen LogP contribution in [0.4, 0.5) is 0 Å². The third-order valence-electron chi connectivity index (χ3n) is 8.45. The Kier molecular flexibility index (Phi) is 1.00. The minimum atomic E-state index is -0.133. The zero-order chi connectivity index (χ0) is 11.3. The van der Waals surface area contributed by atoms with Crippen molar-refractivity contribution >= 4 is 0 Å². The quantitative estimate of drug-likeness (QED) is 0.631. The van der Waals surface area contributed by atoms with Crippen LogP contribution in [0.25, 0.3) is 0 Å². The van der Waals surface area contributed by atoms with E-state index in [0.29, 0.717) is 10.8 Å². The van der Waals surface area contributed by atoms with E-state index in [2.05, 4.69) is 26.0 Å². The van der Waals surface area contributed by atoms with Gasteiger partial charge in [-0.1, -0.05) is 26.0 Å². The Morgan fingerprint density at radius 2 is 1.76 bits per heavy atom. The molecule has 0 aromatic heterocycles. The molecule has 0 radical (unpaired) electrons. The summed E-state index contributed by atoms with van der Waals surface area (Å²) in [4.78, 5) is 0. The second-order valence-electron chi connectivity index (χ2n) is 8.08. The van der Waals surface area contributed by atoms with Gasteiger partial charge in [-0.05, 0) is 59.2 Å². The summed E-state index contributed by atoms with van der Waals surface area (Å²) in [6, 6.07) is 0. The predicted molar refractivity (Wildman–Crippen MR) is 63.9 cm³/mol. The number of allylic oxidation sites excluding steroid dienone is 1. The van der Waals surface area contributed by atoms with Gasteiger partial charge >= 0.3 is 0 Å². The van der Waals surface area contributed by atoms with Gasteiger partial charge in [-0.25, -0.2) is 0 Å². The topological polar surface area (TPSA) is 20.2 Å². The fourth-order valence-electron chi connectivity index (χ4n) is 8.52. The Hall–Kier alpha value is -0.300. The number of fused-ring (bicyclic) bond motifs is 1. The molecule has 0 aliphatic heterocycles. The van der Waals surface area contributed by atoms with Crippen LogP contribution >= 0.6 is 0 Å². The highest BCUT2D eigenvalue weighted by molar-refractivity contribution is 5.52. The van der Waals surface area contributed by atoms with Gasteiger partial charge in [0.15, 0.2) is 0 Å². The van der Waals surface area contributed by atoms with E-state index in [1.54, 1.807) is 0 Å². The van der Waals surface area contributed by atoms with E-state index in [-0.39, 0.29) is 6.10 Å². The van der Waals surface area contributed by atoms with Crippen molar-refractivity contribution in [3.63, 3.8) is 0 Å². The van der Waals surface area contributed by atoms with Crippen LogP contribution in [0, 0.1) is 58.2 Å². The van der Waals surface area contributed by atoms with Crippen LogP contribution in [0.3, 0.4) is 0 Å². The number of hydrogen-bond donors (Lipinski definition) is 1. The van der Waals surface area contributed by atoms with Crippen molar-refractivity contribution in [2.75, 3.05) is 0 Å². The highest BCUT2D eigenvalue weighted by Gasteiger charge is 3.01. The Balaban J connectivity index is 1.66. The fourth-order valence-corrected chi connectivity index (χ4v) is 8.52. The van der Waals surface area contributed by atoms with Crippen molar-refractivity contribution in [1.29, 1.82) is 0 Å². The lowest BCUT2D eigenvalue weighted by molar-refractivity contribution is -0.0704. The third-order valence-corrected chi connectivity index (χ3v) is 8.45. The number of rotatable bonds is 0. The minimum Gasteiger partial charge on any atom is -0.389 e. The van der Waals surface area contributed by atoms with E-state index in [4.69, 9.17) is 0 Å². The molecule has 1 nitrogen and oxygen atoms in total. The second-order valence-corrected chi connectivity index (χ2v) is 8.08. The van der Waals surface area contributed by atoms with E-state index in [1.807, 2.05) is 0 Å². The highest BCUT2D eigenvalue weighted by Crippen LogP contribution is 3.04. The zero-order valence-corrected chi connectivity index (χ0v) is 10.5. The van der Waals surface area contributed by atoms with Gasteiger partial charge in [0.2, 0.25) is 0 Å². The first kappa shape index (κ1) is 8.74. The van der Waals surface area contributed by atoms with Crippen LogP contribution in [-0.2, 0) is 0 Å². The van der Waals surface area contributed by atoms with Gasteiger partial charge < -0.3 is 5.11 Å². The molecule has 0 aromatic carbocycles. The summed E-state index contributed by atoms with van der Waals surface area (Å²) in [5.74, 6) is 8.12. The molecule has 1 N–H and O–H groups in total. The van der Waals surface area contributed by atoms with Crippen LogP contribution in [-0.4, -0.2) is 11.2 Å². The first-order valence-electron chi connectivity index (χ1n) is 7.53. The molecule has 2 spiro atoms. The molecule has 0 saturated heterocycles. The van der Waals surface area contributed by atoms with Crippen molar-refractivity contribution in [3.8, 4) is 0 Å². The Bertz CT molecular complexity index is 496. The average Bonchev–Trinajstić information content (AvgIpc) is 3.07. The maximum atomic E-state index is 10.1. The molecule has 7 aliphatic carbocycles. The van der Waals surface area contributed by atoms with Gasteiger partial charge in [-0.15, -0.1) is 0 Å². The van der Waals surface area contributed by atoms with Crippen molar-refractivity contribution in [3.05, 3.63) is 12.2 Å². The molecule has 0 aromatic rings. The van der Waals surface area contributed by atoms with Gasteiger partial charge in [0, 0.05) is 5.41 Å². The molecular formula is C16H20O. The van der Waals surface area contributed by atoms with E-state index < -0.39 is 0 Å². The van der Waals surface area contributed by atoms with Crippen LogP contribution in [0.15, 0.2) is 12.2 Å². The Morgan fingerprint density at radius 3 is 2.59 bits per heavy atom. The number of hydrogen-bond acceptors (Lipinski definition) is 1. The Morgan fingerprint density at radius 1 is 1.06 bits per heavy atom. The molecule has 7 aliphatic rings. The lowest BCUT2D eigenvalue weighted by atomic mass is 9.49. The van der Waals surface area contributed by atoms with Gasteiger partial charge in [0.1, 0.15) is 0 Å². The van der Waals surface area contributed by atoms with E-state index in [9.17, 15) is 5.11 Å². The zero-order valence-electron chi connectivity index (χ0n) is 10.5. The van der Waals surface area contributed by atoms with Gasteiger partial charge in [0.05, 0.1) is 6.10 Å². The van der Waals surface area contributed by atoms with E-state index in [0.717, 1.165) is 53.8 Å². The normalized spacial score (nSPS) is 83.6. The van der Waals surface area contributed by atoms with Crippen molar-refractivity contribution in [1.82, 2.24) is 0 Å². The monoisotopic (exact) mass is 228 g/mol. The van der Waals surface area contributed by atoms with Gasteiger partial charge in [0.25, 0.3) is 0 Å². The van der Waals surface area contributed by atoms with Crippen molar-refractivity contribution in [2.45, 2.75) is 26.4 Å². The summed E-state index contributed by atoms with van der Waals surface area (Å²) in [5.41, 5.74) is 1.18. The van der Waals surface area contributed by atoms with Crippen LogP contribution < -0.4 is 0 Å². The molecule has 17 heavy (non-hydrogen) atoms. The molecule has 0 unspecified atom stereocenters. The minimum absolute atomic E-state index is 0.133. The molecular weight excluding hydrogens is 208 g/mol. The van der Waals surface area contributed by atoms with Crippen molar-refractivity contribution in [2.24, 2.45) is 58.2 Å². The van der Waals surface area contributed by atoms with Crippen LogP contribution in [0.1, 0.15) is 20.3 Å². The lowest BCUT2D eigenvalue weighted by Gasteiger charge is -2.55. The van der Waals surface area contributed by atoms with Gasteiger partial charge in [-0.2, -0.15) is 0 Å². The van der Waals surface area contributed by atoms with E-state index >= 15 is 0 Å². The predicted octanol–water partition coefficient (Wildman–Crippen LogP) is 2.32. The summed E-state index contributed by atoms with van der Waals surface area (Å²) in [5, 5.41) is 10.1. The van der Waals surface area contributed by atoms with Crippen molar-refractivity contribution < 1.29 is 5.11 Å².